The van der Waals surface area contributed by atoms with Gasteiger partial charge in [0, 0.05) is 42.7 Å². The molecule has 6 heteroatoms. The first kappa shape index (κ1) is 15.0. The van der Waals surface area contributed by atoms with Gasteiger partial charge in [0.2, 0.25) is 0 Å². The van der Waals surface area contributed by atoms with E-state index >= 15 is 0 Å². The molecule has 0 amide bonds. The molecule has 0 radical (unpaired) electrons. The molecule has 1 atom stereocenters. The number of halogens is 1. The van der Waals surface area contributed by atoms with Crippen molar-refractivity contribution in [2.24, 2.45) is 7.05 Å². The minimum atomic E-state index is 0.451. The van der Waals surface area contributed by atoms with Crippen molar-refractivity contribution >= 4 is 28.3 Å². The summed E-state index contributed by atoms with van der Waals surface area (Å²) in [6, 6.07) is 9.62. The van der Waals surface area contributed by atoms with E-state index < -0.39 is 0 Å². The number of benzene rings is 1. The molecule has 4 rings (SSSR count). The van der Waals surface area contributed by atoms with E-state index in [4.69, 9.17) is 16.6 Å². The SMILES string of the molecule is Cn1cc(C2CCN(c3cc(C#N)c4cc(Cl)ccc4n3)C2)cn1. The predicted molar refractivity (Wildman–Crippen MR) is 94.2 cm³/mol. The van der Waals surface area contributed by atoms with Gasteiger partial charge in [0.15, 0.2) is 0 Å². The van der Waals surface area contributed by atoms with Crippen molar-refractivity contribution in [1.29, 1.82) is 5.26 Å². The molecular formula is C18H16ClN5. The van der Waals surface area contributed by atoms with Gasteiger partial charge >= 0.3 is 0 Å². The average Bonchev–Trinajstić information content (AvgIpc) is 3.22. The molecule has 0 spiro atoms. The zero-order valence-corrected chi connectivity index (χ0v) is 14.0. The maximum Gasteiger partial charge on any atom is 0.130 e. The Hall–Kier alpha value is -2.58. The molecule has 0 N–H and O–H groups in total. The fraction of sp³-hybridized carbons (Fsp3) is 0.278. The maximum atomic E-state index is 9.48. The van der Waals surface area contributed by atoms with Gasteiger partial charge < -0.3 is 4.90 Å². The van der Waals surface area contributed by atoms with Crippen molar-refractivity contribution in [3.05, 3.63) is 52.8 Å². The summed E-state index contributed by atoms with van der Waals surface area (Å²) in [5.41, 5.74) is 2.67. The number of aromatic nitrogens is 3. The highest BCUT2D eigenvalue weighted by Gasteiger charge is 2.26. The van der Waals surface area contributed by atoms with Gasteiger partial charge in [-0.2, -0.15) is 10.4 Å². The Morgan fingerprint density at radius 3 is 2.96 bits per heavy atom. The molecule has 1 saturated heterocycles. The van der Waals surface area contributed by atoms with Crippen LogP contribution in [0.1, 0.15) is 23.5 Å². The van der Waals surface area contributed by atoms with E-state index in [1.54, 1.807) is 6.07 Å². The molecule has 1 unspecified atom stereocenters. The van der Waals surface area contributed by atoms with Crippen LogP contribution in [-0.4, -0.2) is 27.9 Å². The Morgan fingerprint density at radius 2 is 2.21 bits per heavy atom. The first-order chi connectivity index (χ1) is 11.6. The van der Waals surface area contributed by atoms with Crippen LogP contribution in [0, 0.1) is 11.3 Å². The molecule has 1 fully saturated rings. The van der Waals surface area contributed by atoms with Crippen LogP contribution < -0.4 is 4.90 Å². The first-order valence-corrected chi connectivity index (χ1v) is 8.26. The smallest absolute Gasteiger partial charge is 0.130 e. The molecule has 1 aromatic carbocycles. The van der Waals surface area contributed by atoms with Gasteiger partial charge in [0.05, 0.1) is 23.3 Å². The van der Waals surface area contributed by atoms with Crippen molar-refractivity contribution in [2.45, 2.75) is 12.3 Å². The third kappa shape index (κ3) is 2.59. The number of hydrogen-bond acceptors (Lipinski definition) is 4. The fourth-order valence-corrected chi connectivity index (χ4v) is 3.50. The monoisotopic (exact) mass is 337 g/mol. The molecule has 3 heterocycles. The summed E-state index contributed by atoms with van der Waals surface area (Å²) in [6.07, 6.45) is 5.07. The Balaban J connectivity index is 1.67. The number of nitrogens with zero attached hydrogens (tertiary/aromatic N) is 5. The Morgan fingerprint density at radius 1 is 1.33 bits per heavy atom. The topological polar surface area (TPSA) is 57.7 Å². The van der Waals surface area contributed by atoms with Crippen molar-refractivity contribution in [1.82, 2.24) is 14.8 Å². The number of nitriles is 1. The molecule has 120 valence electrons. The molecule has 0 aliphatic carbocycles. The average molecular weight is 338 g/mol. The number of anilines is 1. The summed E-state index contributed by atoms with van der Waals surface area (Å²) < 4.78 is 1.84. The standard InChI is InChI=1S/C18H16ClN5/c1-23-10-14(9-21-23)12-4-5-24(11-12)18-6-13(8-20)16-7-15(19)2-3-17(16)22-18/h2-3,6-7,9-10,12H,4-5,11H2,1H3. The summed E-state index contributed by atoms with van der Waals surface area (Å²) in [4.78, 5) is 6.98. The minimum Gasteiger partial charge on any atom is -0.356 e. The maximum absolute atomic E-state index is 9.48. The summed E-state index contributed by atoms with van der Waals surface area (Å²) in [7, 11) is 1.94. The van der Waals surface area contributed by atoms with Crippen molar-refractivity contribution in [3.8, 4) is 6.07 Å². The van der Waals surface area contributed by atoms with Gasteiger partial charge in [0.1, 0.15) is 5.82 Å². The van der Waals surface area contributed by atoms with E-state index in [-0.39, 0.29) is 0 Å². The molecule has 1 aliphatic heterocycles. The molecule has 2 aromatic heterocycles. The summed E-state index contributed by atoms with van der Waals surface area (Å²) >= 11 is 6.05. The van der Waals surface area contributed by atoms with Crippen LogP contribution in [0.2, 0.25) is 5.02 Å². The Bertz CT molecular complexity index is 956. The lowest BCUT2D eigenvalue weighted by molar-refractivity contribution is 0.754. The highest BCUT2D eigenvalue weighted by atomic mass is 35.5. The second-order valence-electron chi connectivity index (χ2n) is 6.18. The molecule has 5 nitrogen and oxygen atoms in total. The van der Waals surface area contributed by atoms with Crippen LogP contribution in [0.15, 0.2) is 36.7 Å². The quantitative estimate of drug-likeness (QED) is 0.718. The molecule has 0 saturated carbocycles. The van der Waals surface area contributed by atoms with E-state index in [0.717, 1.165) is 36.2 Å². The largest absolute Gasteiger partial charge is 0.356 e. The van der Waals surface area contributed by atoms with E-state index in [2.05, 4.69) is 22.3 Å². The number of fused-ring (bicyclic) bond motifs is 1. The van der Waals surface area contributed by atoms with E-state index in [1.807, 2.05) is 36.1 Å². The first-order valence-electron chi connectivity index (χ1n) is 7.88. The van der Waals surface area contributed by atoms with Gasteiger partial charge in [-0.25, -0.2) is 4.98 Å². The zero-order chi connectivity index (χ0) is 16.7. The lowest BCUT2D eigenvalue weighted by Crippen LogP contribution is -2.20. The minimum absolute atomic E-state index is 0.451. The summed E-state index contributed by atoms with van der Waals surface area (Å²) in [6.45, 7) is 1.82. The van der Waals surface area contributed by atoms with Gasteiger partial charge in [-0.3, -0.25) is 4.68 Å². The van der Waals surface area contributed by atoms with Gasteiger partial charge in [-0.1, -0.05) is 11.6 Å². The molecule has 3 aromatic rings. The number of aryl methyl sites for hydroxylation is 1. The predicted octanol–water partition coefficient (Wildman–Crippen LogP) is 3.49. The number of rotatable bonds is 2. The lowest BCUT2D eigenvalue weighted by Gasteiger charge is -2.18. The molecule has 24 heavy (non-hydrogen) atoms. The van der Waals surface area contributed by atoms with Crippen molar-refractivity contribution in [2.75, 3.05) is 18.0 Å². The lowest BCUT2D eigenvalue weighted by atomic mass is 10.0. The third-order valence-electron chi connectivity index (χ3n) is 4.59. The van der Waals surface area contributed by atoms with Crippen LogP contribution in [0.3, 0.4) is 0 Å². The van der Waals surface area contributed by atoms with Crippen molar-refractivity contribution in [3.63, 3.8) is 0 Å². The Labute approximate surface area is 145 Å². The van der Waals surface area contributed by atoms with Crippen LogP contribution in [-0.2, 0) is 7.05 Å². The second kappa shape index (κ2) is 5.81. The Kier molecular flexibility index (Phi) is 3.62. The summed E-state index contributed by atoms with van der Waals surface area (Å²) in [5.74, 6) is 1.31. The highest BCUT2D eigenvalue weighted by molar-refractivity contribution is 6.31. The normalized spacial score (nSPS) is 17.4. The van der Waals surface area contributed by atoms with Crippen LogP contribution in [0.4, 0.5) is 5.82 Å². The van der Waals surface area contributed by atoms with Crippen molar-refractivity contribution < 1.29 is 0 Å². The molecule has 1 aliphatic rings. The van der Waals surface area contributed by atoms with Gasteiger partial charge in [0.25, 0.3) is 0 Å². The van der Waals surface area contributed by atoms with Crippen LogP contribution >= 0.6 is 11.6 Å². The van der Waals surface area contributed by atoms with Crippen LogP contribution in [0.5, 0.6) is 0 Å². The van der Waals surface area contributed by atoms with Crippen LogP contribution in [0.25, 0.3) is 10.9 Å². The highest BCUT2D eigenvalue weighted by Crippen LogP contribution is 2.32. The summed E-state index contributed by atoms with van der Waals surface area (Å²) in [5, 5.41) is 15.2. The number of pyridine rings is 1. The van der Waals surface area contributed by atoms with Gasteiger partial charge in [-0.05, 0) is 36.2 Å². The van der Waals surface area contributed by atoms with E-state index in [9.17, 15) is 5.26 Å². The second-order valence-corrected chi connectivity index (χ2v) is 6.62. The fourth-order valence-electron chi connectivity index (χ4n) is 3.33. The van der Waals surface area contributed by atoms with E-state index in [1.165, 1.54) is 5.56 Å². The zero-order valence-electron chi connectivity index (χ0n) is 13.3. The van der Waals surface area contributed by atoms with E-state index in [0.29, 0.717) is 16.5 Å². The third-order valence-corrected chi connectivity index (χ3v) is 4.82. The van der Waals surface area contributed by atoms with Gasteiger partial charge in [-0.15, -0.1) is 0 Å². The molecular weight excluding hydrogens is 322 g/mol. The number of hydrogen-bond donors (Lipinski definition) is 0. The molecule has 0 bridgehead atoms.